The van der Waals surface area contributed by atoms with Gasteiger partial charge in [-0.3, -0.25) is 0 Å². The topological polar surface area (TPSA) is 0 Å². The molecule has 3 rings (SSSR count). The molecule has 0 bridgehead atoms. The lowest BCUT2D eigenvalue weighted by Crippen LogP contribution is -1.94. The predicted molar refractivity (Wildman–Crippen MR) is 78.4 cm³/mol. The van der Waals surface area contributed by atoms with Crippen LogP contribution in [0.25, 0.3) is 5.57 Å². The first-order valence-electron chi connectivity index (χ1n) is 6.95. The van der Waals surface area contributed by atoms with E-state index in [1.165, 1.54) is 36.0 Å². The highest BCUT2D eigenvalue weighted by atomic mass is 14.2. The van der Waals surface area contributed by atoms with Gasteiger partial charge < -0.3 is 0 Å². The zero-order chi connectivity index (χ0) is 12.5. The van der Waals surface area contributed by atoms with Gasteiger partial charge in [-0.05, 0) is 54.9 Å². The van der Waals surface area contributed by atoms with Gasteiger partial charge >= 0.3 is 0 Å². The van der Waals surface area contributed by atoms with Crippen molar-refractivity contribution in [3.8, 4) is 0 Å². The molecule has 0 aromatic heterocycles. The largest absolute Gasteiger partial charge is 0.0699 e. The van der Waals surface area contributed by atoms with Crippen LogP contribution in [0.2, 0.25) is 0 Å². The predicted octanol–water partition coefficient (Wildman–Crippen LogP) is 5.21. The molecule has 0 spiro atoms. The molecule has 2 aliphatic carbocycles. The second-order valence-corrected chi connectivity index (χ2v) is 5.42. The summed E-state index contributed by atoms with van der Waals surface area (Å²) in [6.07, 6.45) is 9.69. The van der Waals surface area contributed by atoms with Crippen molar-refractivity contribution in [3.63, 3.8) is 0 Å². The van der Waals surface area contributed by atoms with Crippen LogP contribution in [0.4, 0.5) is 0 Å². The van der Waals surface area contributed by atoms with Crippen molar-refractivity contribution in [3.05, 3.63) is 64.3 Å². The zero-order valence-electron chi connectivity index (χ0n) is 11.3. The minimum Gasteiger partial charge on any atom is -0.0699 e. The molecule has 0 heteroatoms. The van der Waals surface area contributed by atoms with Gasteiger partial charge in [-0.25, -0.2) is 0 Å². The van der Waals surface area contributed by atoms with Crippen molar-refractivity contribution in [2.24, 2.45) is 0 Å². The number of rotatable bonds is 2. The minimum atomic E-state index is 1.13. The van der Waals surface area contributed by atoms with E-state index in [4.69, 9.17) is 0 Å². The van der Waals surface area contributed by atoms with Crippen LogP contribution in [0.5, 0.6) is 0 Å². The normalized spacial score (nSPS) is 18.6. The molecule has 0 unspecified atom stereocenters. The molecule has 0 N–H and O–H groups in total. The lowest BCUT2D eigenvalue weighted by molar-refractivity contribution is 0.861. The highest BCUT2D eigenvalue weighted by Gasteiger charge is 2.19. The van der Waals surface area contributed by atoms with Gasteiger partial charge in [0, 0.05) is 0 Å². The second-order valence-electron chi connectivity index (χ2n) is 5.42. The fraction of sp³-hybridized carbons (Fsp3) is 0.333. The third-order valence-electron chi connectivity index (χ3n) is 4.11. The monoisotopic (exact) mass is 236 g/mol. The average Bonchev–Trinajstić information content (AvgIpc) is 2.82. The molecule has 0 nitrogen and oxygen atoms in total. The molecular formula is C18H20. The van der Waals surface area contributed by atoms with Crippen LogP contribution in [0.1, 0.15) is 43.7 Å². The molecule has 0 fully saturated rings. The molecule has 0 aliphatic heterocycles. The van der Waals surface area contributed by atoms with Gasteiger partial charge in [0.2, 0.25) is 0 Å². The van der Waals surface area contributed by atoms with Crippen molar-refractivity contribution in [1.82, 2.24) is 0 Å². The fourth-order valence-corrected chi connectivity index (χ4v) is 2.89. The summed E-state index contributed by atoms with van der Waals surface area (Å²) in [7, 11) is 0. The van der Waals surface area contributed by atoms with Crippen LogP contribution < -0.4 is 0 Å². The molecular weight excluding hydrogens is 216 g/mol. The van der Waals surface area contributed by atoms with Crippen LogP contribution >= 0.6 is 0 Å². The van der Waals surface area contributed by atoms with Crippen molar-refractivity contribution >= 4 is 5.57 Å². The van der Waals surface area contributed by atoms with Crippen molar-refractivity contribution in [2.45, 2.75) is 39.5 Å². The maximum absolute atomic E-state index is 2.44. The smallest absolute Gasteiger partial charge is 0.00170 e. The van der Waals surface area contributed by atoms with E-state index in [9.17, 15) is 0 Å². The molecule has 18 heavy (non-hydrogen) atoms. The van der Waals surface area contributed by atoms with Crippen LogP contribution in [0.3, 0.4) is 0 Å². The molecule has 2 aliphatic rings. The van der Waals surface area contributed by atoms with Gasteiger partial charge in [0.15, 0.2) is 0 Å². The average molecular weight is 236 g/mol. The van der Waals surface area contributed by atoms with E-state index in [2.05, 4.69) is 50.3 Å². The maximum Gasteiger partial charge on any atom is -0.00170 e. The van der Waals surface area contributed by atoms with Gasteiger partial charge in [-0.1, -0.05) is 54.5 Å². The fourth-order valence-electron chi connectivity index (χ4n) is 2.89. The highest BCUT2D eigenvalue weighted by Crippen LogP contribution is 2.39. The van der Waals surface area contributed by atoms with Gasteiger partial charge in [0.1, 0.15) is 0 Å². The van der Waals surface area contributed by atoms with E-state index >= 15 is 0 Å². The van der Waals surface area contributed by atoms with E-state index in [1.807, 2.05) is 0 Å². The van der Waals surface area contributed by atoms with Crippen molar-refractivity contribution in [2.75, 3.05) is 0 Å². The van der Waals surface area contributed by atoms with Gasteiger partial charge in [0.25, 0.3) is 0 Å². The first-order chi connectivity index (χ1) is 8.76. The Morgan fingerprint density at radius 3 is 2.44 bits per heavy atom. The van der Waals surface area contributed by atoms with Crippen LogP contribution in [0, 0.1) is 6.92 Å². The quantitative estimate of drug-likeness (QED) is 0.661. The Morgan fingerprint density at radius 2 is 1.72 bits per heavy atom. The Bertz CT molecular complexity index is 550. The molecule has 0 heterocycles. The third-order valence-corrected chi connectivity index (χ3v) is 4.11. The molecule has 1 aromatic carbocycles. The summed E-state index contributed by atoms with van der Waals surface area (Å²) in [5, 5.41) is 0. The lowest BCUT2D eigenvalue weighted by Gasteiger charge is -2.13. The van der Waals surface area contributed by atoms with Crippen LogP contribution in [-0.2, 0) is 0 Å². The SMILES string of the molecule is CCC1=CC2=C(C=C(c3ccc(C)cc3)C2)CC1. The maximum atomic E-state index is 2.44. The third kappa shape index (κ3) is 2.08. The van der Waals surface area contributed by atoms with E-state index in [-0.39, 0.29) is 0 Å². The van der Waals surface area contributed by atoms with Gasteiger partial charge in [0.05, 0.1) is 0 Å². The standard InChI is InChI=1S/C18H20/c1-3-14-6-9-16-11-18(12-17(16)10-14)15-7-4-13(2)5-8-15/h4-5,7-8,10-11H,3,6,9,12H2,1-2H3. The number of aryl methyl sites for hydroxylation is 1. The molecule has 0 saturated heterocycles. The van der Waals surface area contributed by atoms with Crippen LogP contribution in [-0.4, -0.2) is 0 Å². The molecule has 1 aromatic rings. The Hall–Kier alpha value is -1.56. The van der Waals surface area contributed by atoms with Crippen molar-refractivity contribution < 1.29 is 0 Å². The van der Waals surface area contributed by atoms with Gasteiger partial charge in [-0.15, -0.1) is 0 Å². The first-order valence-corrected chi connectivity index (χ1v) is 6.95. The van der Waals surface area contributed by atoms with E-state index in [0.717, 1.165) is 6.42 Å². The summed E-state index contributed by atoms with van der Waals surface area (Å²) in [6.45, 7) is 4.41. The minimum absolute atomic E-state index is 1.13. The summed E-state index contributed by atoms with van der Waals surface area (Å²) in [4.78, 5) is 0. The Balaban J connectivity index is 1.85. The first kappa shape index (κ1) is 11.5. The summed E-state index contributed by atoms with van der Waals surface area (Å²) >= 11 is 0. The highest BCUT2D eigenvalue weighted by molar-refractivity contribution is 5.76. The summed E-state index contributed by atoms with van der Waals surface area (Å²) in [5.74, 6) is 0. The number of hydrogen-bond donors (Lipinski definition) is 0. The number of hydrogen-bond acceptors (Lipinski definition) is 0. The molecule has 0 atom stereocenters. The van der Waals surface area contributed by atoms with E-state index in [1.54, 1.807) is 16.7 Å². The van der Waals surface area contributed by atoms with Crippen LogP contribution in [0.15, 0.2) is 53.1 Å². The Kier molecular flexibility index (Phi) is 2.95. The molecule has 0 radical (unpaired) electrons. The van der Waals surface area contributed by atoms with E-state index < -0.39 is 0 Å². The Morgan fingerprint density at radius 1 is 0.944 bits per heavy atom. The zero-order valence-corrected chi connectivity index (χ0v) is 11.3. The van der Waals surface area contributed by atoms with Crippen molar-refractivity contribution in [1.29, 1.82) is 0 Å². The summed E-state index contributed by atoms with van der Waals surface area (Å²) < 4.78 is 0. The Labute approximate surface area is 110 Å². The number of allylic oxidation sites excluding steroid dienone is 6. The number of benzene rings is 1. The molecule has 92 valence electrons. The summed E-state index contributed by atoms with van der Waals surface area (Å²) in [5.41, 5.74) is 8.97. The molecule has 0 saturated carbocycles. The lowest BCUT2D eigenvalue weighted by atomic mass is 9.92. The molecule has 0 amide bonds. The van der Waals surface area contributed by atoms with Gasteiger partial charge in [-0.2, -0.15) is 0 Å². The van der Waals surface area contributed by atoms with E-state index in [0.29, 0.717) is 0 Å². The summed E-state index contributed by atoms with van der Waals surface area (Å²) in [6, 6.07) is 8.93. The second kappa shape index (κ2) is 4.61.